The second-order valence-corrected chi connectivity index (χ2v) is 9.54. The standard InChI is InChI=1S/C19H31NS/c1-18-9-3-4-15(18)14-6-5-13-12-20-17(21)8-11-19(13,2)16(14)7-10-18/h13-16H,3-12H2,1-2H3,(H,20,21). The third-order valence-electron chi connectivity index (χ3n) is 8.28. The number of fused-ring (bicyclic) bond motifs is 5. The van der Waals surface area contributed by atoms with Gasteiger partial charge in [-0.05, 0) is 85.9 Å². The van der Waals surface area contributed by atoms with Crippen LogP contribution in [0.4, 0.5) is 0 Å². The monoisotopic (exact) mass is 305 g/mol. The molecule has 1 N–H and O–H groups in total. The van der Waals surface area contributed by atoms with E-state index in [0.29, 0.717) is 10.8 Å². The van der Waals surface area contributed by atoms with E-state index in [1.165, 1.54) is 51.4 Å². The van der Waals surface area contributed by atoms with E-state index >= 15 is 0 Å². The van der Waals surface area contributed by atoms with Gasteiger partial charge in [-0.15, -0.1) is 0 Å². The molecule has 4 rings (SSSR count). The van der Waals surface area contributed by atoms with Crippen molar-refractivity contribution in [1.29, 1.82) is 0 Å². The highest BCUT2D eigenvalue weighted by molar-refractivity contribution is 7.80. The molecule has 118 valence electrons. The van der Waals surface area contributed by atoms with Crippen molar-refractivity contribution in [1.82, 2.24) is 5.32 Å². The molecule has 0 amide bonds. The van der Waals surface area contributed by atoms with Gasteiger partial charge < -0.3 is 5.32 Å². The number of nitrogens with one attached hydrogen (secondary N) is 1. The van der Waals surface area contributed by atoms with Gasteiger partial charge in [0, 0.05) is 6.54 Å². The largest absolute Gasteiger partial charge is 0.379 e. The SMILES string of the molecule is CC12CCCC1C1CCC3CNC(=S)CCC3(C)C1CC2. The Hall–Kier alpha value is -0.110. The van der Waals surface area contributed by atoms with Crippen molar-refractivity contribution in [2.45, 2.75) is 71.6 Å². The maximum Gasteiger partial charge on any atom is 0.0753 e. The average Bonchev–Trinajstić information content (AvgIpc) is 2.79. The highest BCUT2D eigenvalue weighted by Crippen LogP contribution is 2.64. The van der Waals surface area contributed by atoms with Crippen LogP contribution in [0, 0.1) is 34.5 Å². The van der Waals surface area contributed by atoms with E-state index in [9.17, 15) is 0 Å². The van der Waals surface area contributed by atoms with E-state index in [1.54, 1.807) is 0 Å². The first-order chi connectivity index (χ1) is 10.0. The third kappa shape index (κ3) is 2.11. The summed E-state index contributed by atoms with van der Waals surface area (Å²) in [6.07, 6.45) is 12.9. The minimum absolute atomic E-state index is 0.556. The molecule has 1 saturated heterocycles. The Bertz CT molecular complexity index is 447. The zero-order valence-electron chi connectivity index (χ0n) is 13.8. The zero-order chi connectivity index (χ0) is 14.7. The summed E-state index contributed by atoms with van der Waals surface area (Å²) in [5.74, 6) is 3.91. The van der Waals surface area contributed by atoms with E-state index in [1.807, 2.05) is 0 Å². The molecule has 6 atom stereocenters. The second-order valence-electron chi connectivity index (χ2n) is 9.05. The van der Waals surface area contributed by atoms with Crippen LogP contribution in [0.3, 0.4) is 0 Å². The molecule has 0 aromatic heterocycles. The summed E-state index contributed by atoms with van der Waals surface area (Å²) in [6.45, 7) is 6.39. The molecule has 3 saturated carbocycles. The number of hydrogen-bond acceptors (Lipinski definition) is 1. The van der Waals surface area contributed by atoms with Crippen LogP contribution in [0.2, 0.25) is 0 Å². The predicted molar refractivity (Wildman–Crippen MR) is 92.3 cm³/mol. The summed E-state index contributed by atoms with van der Waals surface area (Å²) in [5.41, 5.74) is 1.25. The van der Waals surface area contributed by atoms with Crippen LogP contribution in [0.25, 0.3) is 0 Å². The molecule has 0 spiro atoms. The van der Waals surface area contributed by atoms with E-state index in [0.717, 1.165) is 41.6 Å². The van der Waals surface area contributed by atoms with Gasteiger partial charge in [0.05, 0.1) is 4.99 Å². The van der Waals surface area contributed by atoms with Gasteiger partial charge in [0.1, 0.15) is 0 Å². The fourth-order valence-electron chi connectivity index (χ4n) is 6.96. The first-order valence-electron chi connectivity index (χ1n) is 9.30. The molecule has 0 aromatic carbocycles. The average molecular weight is 306 g/mol. The summed E-state index contributed by atoms with van der Waals surface area (Å²) in [5, 5.41) is 3.55. The van der Waals surface area contributed by atoms with Gasteiger partial charge in [-0.1, -0.05) is 32.5 Å². The first-order valence-corrected chi connectivity index (χ1v) is 9.70. The van der Waals surface area contributed by atoms with Gasteiger partial charge in [0.15, 0.2) is 0 Å². The Morgan fingerprint density at radius 2 is 1.86 bits per heavy atom. The molecule has 4 fully saturated rings. The van der Waals surface area contributed by atoms with Gasteiger partial charge in [-0.25, -0.2) is 0 Å². The summed E-state index contributed by atoms with van der Waals surface area (Å²) in [6, 6.07) is 0. The van der Waals surface area contributed by atoms with Crippen LogP contribution in [-0.4, -0.2) is 11.5 Å². The van der Waals surface area contributed by atoms with Crippen molar-refractivity contribution in [3.63, 3.8) is 0 Å². The van der Waals surface area contributed by atoms with Crippen molar-refractivity contribution >= 4 is 17.2 Å². The first kappa shape index (κ1) is 14.5. The minimum atomic E-state index is 0.556. The number of hydrogen-bond donors (Lipinski definition) is 1. The fraction of sp³-hybridized carbons (Fsp3) is 0.947. The smallest absolute Gasteiger partial charge is 0.0753 e. The highest BCUT2D eigenvalue weighted by atomic mass is 32.1. The van der Waals surface area contributed by atoms with Gasteiger partial charge in [0.25, 0.3) is 0 Å². The maximum absolute atomic E-state index is 5.49. The molecule has 0 aromatic rings. The van der Waals surface area contributed by atoms with Crippen LogP contribution in [0.5, 0.6) is 0 Å². The predicted octanol–water partition coefficient (Wildman–Crippen LogP) is 4.95. The summed E-state index contributed by atoms with van der Waals surface area (Å²) in [4.78, 5) is 1.13. The van der Waals surface area contributed by atoms with Gasteiger partial charge in [0.2, 0.25) is 0 Å². The van der Waals surface area contributed by atoms with Crippen LogP contribution < -0.4 is 5.32 Å². The van der Waals surface area contributed by atoms with Crippen LogP contribution in [-0.2, 0) is 0 Å². The van der Waals surface area contributed by atoms with Crippen molar-refractivity contribution < 1.29 is 0 Å². The van der Waals surface area contributed by atoms with Crippen molar-refractivity contribution in [3.05, 3.63) is 0 Å². The van der Waals surface area contributed by atoms with Gasteiger partial charge >= 0.3 is 0 Å². The zero-order valence-corrected chi connectivity index (χ0v) is 14.6. The highest BCUT2D eigenvalue weighted by Gasteiger charge is 2.56. The molecule has 3 aliphatic carbocycles. The summed E-state index contributed by atoms with van der Waals surface area (Å²) < 4.78 is 0. The lowest BCUT2D eigenvalue weighted by Gasteiger charge is -2.58. The molecule has 4 aliphatic rings. The Morgan fingerprint density at radius 1 is 1.00 bits per heavy atom. The van der Waals surface area contributed by atoms with E-state index in [-0.39, 0.29) is 0 Å². The van der Waals surface area contributed by atoms with E-state index in [2.05, 4.69) is 19.2 Å². The topological polar surface area (TPSA) is 12.0 Å². The number of rotatable bonds is 0. The Morgan fingerprint density at radius 3 is 2.71 bits per heavy atom. The molecular formula is C19H31NS. The molecule has 1 aliphatic heterocycles. The van der Waals surface area contributed by atoms with E-state index in [4.69, 9.17) is 12.2 Å². The van der Waals surface area contributed by atoms with Crippen LogP contribution in [0.1, 0.15) is 71.6 Å². The van der Waals surface area contributed by atoms with Gasteiger partial charge in [-0.2, -0.15) is 0 Å². The second kappa shape index (κ2) is 4.94. The molecule has 1 heterocycles. The van der Waals surface area contributed by atoms with Crippen LogP contribution >= 0.6 is 12.2 Å². The Kier molecular flexibility index (Phi) is 3.41. The lowest BCUT2D eigenvalue weighted by atomic mass is 9.47. The van der Waals surface area contributed by atoms with Crippen molar-refractivity contribution in [2.24, 2.45) is 34.5 Å². The molecular weight excluding hydrogens is 274 g/mol. The summed E-state index contributed by atoms with van der Waals surface area (Å²) >= 11 is 5.49. The van der Waals surface area contributed by atoms with E-state index < -0.39 is 0 Å². The Balaban J connectivity index is 1.64. The van der Waals surface area contributed by atoms with Crippen LogP contribution in [0.15, 0.2) is 0 Å². The molecule has 6 unspecified atom stereocenters. The molecule has 21 heavy (non-hydrogen) atoms. The minimum Gasteiger partial charge on any atom is -0.379 e. The lowest BCUT2D eigenvalue weighted by Crippen LogP contribution is -2.51. The molecule has 0 radical (unpaired) electrons. The maximum atomic E-state index is 5.49. The molecule has 0 bridgehead atoms. The van der Waals surface area contributed by atoms with Crippen molar-refractivity contribution in [3.8, 4) is 0 Å². The number of thiocarbonyl (C=S) groups is 1. The molecule has 2 heteroatoms. The van der Waals surface area contributed by atoms with Gasteiger partial charge in [-0.3, -0.25) is 0 Å². The quantitative estimate of drug-likeness (QED) is 0.636. The fourth-order valence-corrected chi connectivity index (χ4v) is 7.15. The molecule has 1 nitrogen and oxygen atoms in total. The Labute approximate surface area is 135 Å². The lowest BCUT2D eigenvalue weighted by molar-refractivity contribution is -0.0863. The van der Waals surface area contributed by atoms with Crippen molar-refractivity contribution in [2.75, 3.05) is 6.54 Å². The summed E-state index contributed by atoms with van der Waals surface area (Å²) in [7, 11) is 0. The third-order valence-corrected chi connectivity index (χ3v) is 8.63. The normalized spacial score (nSPS) is 53.1.